The molecule has 2 aromatic carbocycles. The number of carbonyl (C=O) groups is 2. The first-order chi connectivity index (χ1) is 13.9. The number of amides is 2. The number of thioether (sulfide) groups is 1. The van der Waals surface area contributed by atoms with Crippen LogP contribution in [0.2, 0.25) is 0 Å². The van der Waals surface area contributed by atoms with Gasteiger partial charge in [-0.2, -0.15) is 0 Å². The Kier molecular flexibility index (Phi) is 5.07. The summed E-state index contributed by atoms with van der Waals surface area (Å²) in [7, 11) is 0. The number of aryl methyl sites for hydroxylation is 2. The van der Waals surface area contributed by atoms with E-state index in [2.05, 4.69) is 10.3 Å². The van der Waals surface area contributed by atoms with Crippen molar-refractivity contribution in [2.75, 3.05) is 5.32 Å². The smallest absolute Gasteiger partial charge is 0.346 e. The van der Waals surface area contributed by atoms with Crippen molar-refractivity contribution in [2.45, 2.75) is 25.5 Å². The van der Waals surface area contributed by atoms with Crippen molar-refractivity contribution in [3.8, 4) is 0 Å². The molecule has 6 nitrogen and oxygen atoms in total. The van der Waals surface area contributed by atoms with Crippen LogP contribution in [0.5, 0.6) is 0 Å². The Balaban J connectivity index is 1.51. The number of nitrogens with zero attached hydrogens (tertiary/aromatic N) is 1. The van der Waals surface area contributed by atoms with Gasteiger partial charge in [-0.05, 0) is 37.1 Å². The van der Waals surface area contributed by atoms with Gasteiger partial charge in [0.2, 0.25) is 5.91 Å². The monoisotopic (exact) mass is 406 g/mol. The highest BCUT2D eigenvalue weighted by Gasteiger charge is 2.32. The number of hydrogen-bond acceptors (Lipinski definition) is 5. The normalized spacial score (nSPS) is 16.1. The molecule has 4 rings (SSSR count). The first-order valence-electron chi connectivity index (χ1n) is 9.11. The highest BCUT2D eigenvalue weighted by Crippen LogP contribution is 2.30. The fourth-order valence-electron chi connectivity index (χ4n) is 3.22. The number of anilines is 1. The zero-order valence-electron chi connectivity index (χ0n) is 15.9. The van der Waals surface area contributed by atoms with Crippen molar-refractivity contribution < 1.29 is 14.0 Å². The number of carbonyl (C=O) groups excluding carboxylic acids is 2. The second-order valence-corrected chi connectivity index (χ2v) is 8.06. The van der Waals surface area contributed by atoms with Gasteiger partial charge >= 0.3 is 5.63 Å². The van der Waals surface area contributed by atoms with Crippen molar-refractivity contribution in [3.63, 3.8) is 0 Å². The van der Waals surface area contributed by atoms with Crippen molar-refractivity contribution in [1.29, 1.82) is 0 Å². The Morgan fingerprint density at radius 2 is 1.83 bits per heavy atom. The molecule has 0 bridgehead atoms. The van der Waals surface area contributed by atoms with Crippen LogP contribution in [0.3, 0.4) is 0 Å². The molecule has 0 fully saturated rings. The molecule has 7 heteroatoms. The number of hydrogen-bond donors (Lipinski definition) is 1. The van der Waals surface area contributed by atoms with E-state index in [1.807, 2.05) is 44.2 Å². The molecule has 1 atom stereocenters. The Bertz CT molecular complexity index is 1210. The van der Waals surface area contributed by atoms with Crippen molar-refractivity contribution >= 4 is 45.3 Å². The van der Waals surface area contributed by atoms with Gasteiger partial charge in [-0.1, -0.05) is 48.2 Å². The summed E-state index contributed by atoms with van der Waals surface area (Å²) in [5.41, 5.74) is 2.82. The average molecular weight is 406 g/mol. The predicted octanol–water partition coefficient (Wildman–Crippen LogP) is 3.83. The van der Waals surface area contributed by atoms with Crippen LogP contribution in [0, 0.1) is 13.8 Å². The Morgan fingerprint density at radius 3 is 2.59 bits per heavy atom. The van der Waals surface area contributed by atoms with Gasteiger partial charge < -0.3 is 9.73 Å². The minimum absolute atomic E-state index is 0.0246. The van der Waals surface area contributed by atoms with E-state index >= 15 is 0 Å². The lowest BCUT2D eigenvalue weighted by atomic mass is 10.1. The molecule has 3 aromatic rings. The summed E-state index contributed by atoms with van der Waals surface area (Å²) in [5, 5.41) is 3.25. The van der Waals surface area contributed by atoms with Gasteiger partial charge in [-0.25, -0.2) is 9.79 Å². The average Bonchev–Trinajstić information content (AvgIpc) is 3.04. The zero-order valence-corrected chi connectivity index (χ0v) is 16.7. The van der Waals surface area contributed by atoms with Gasteiger partial charge in [0, 0.05) is 17.5 Å². The van der Waals surface area contributed by atoms with E-state index in [4.69, 9.17) is 4.42 Å². The van der Waals surface area contributed by atoms with Crippen molar-refractivity contribution in [1.82, 2.24) is 0 Å². The standard InChI is InChI=1S/C22H18N2O4S/c1-12-6-5-7-13(2)19(12)23-18(25)11-17-20(26)24-21(29-17)15-10-14-8-3-4-9-16(14)28-22(15)27/h3-10,17H,11H2,1-2H3,(H,23,25). The van der Waals surface area contributed by atoms with Gasteiger partial charge in [0.05, 0.1) is 5.56 Å². The molecule has 1 aliphatic heterocycles. The molecule has 0 saturated heterocycles. The molecule has 0 radical (unpaired) electrons. The zero-order chi connectivity index (χ0) is 20.5. The second-order valence-electron chi connectivity index (χ2n) is 6.87. The molecule has 0 saturated carbocycles. The van der Waals surface area contributed by atoms with Gasteiger partial charge in [-0.3, -0.25) is 9.59 Å². The van der Waals surface area contributed by atoms with Crippen LogP contribution < -0.4 is 10.9 Å². The van der Waals surface area contributed by atoms with E-state index < -0.39 is 16.8 Å². The third-order valence-electron chi connectivity index (χ3n) is 4.73. The molecular formula is C22H18N2O4S. The van der Waals surface area contributed by atoms with Gasteiger partial charge in [-0.15, -0.1) is 0 Å². The predicted molar refractivity (Wildman–Crippen MR) is 115 cm³/mol. The summed E-state index contributed by atoms with van der Waals surface area (Å²) in [4.78, 5) is 41.2. The van der Waals surface area contributed by atoms with E-state index in [0.29, 0.717) is 10.6 Å². The summed E-state index contributed by atoms with van der Waals surface area (Å²) in [6.45, 7) is 3.83. The van der Waals surface area contributed by atoms with Gasteiger partial charge in [0.1, 0.15) is 15.9 Å². The summed E-state index contributed by atoms with van der Waals surface area (Å²) < 4.78 is 5.32. The fourth-order valence-corrected chi connectivity index (χ4v) is 4.29. The van der Waals surface area contributed by atoms with Crippen LogP contribution in [0.15, 0.2) is 62.7 Å². The van der Waals surface area contributed by atoms with E-state index in [-0.39, 0.29) is 17.9 Å². The molecule has 1 unspecified atom stereocenters. The van der Waals surface area contributed by atoms with E-state index in [1.165, 1.54) is 0 Å². The number of rotatable bonds is 4. The molecule has 2 amide bonds. The van der Waals surface area contributed by atoms with Crippen LogP contribution in [-0.2, 0) is 9.59 Å². The van der Waals surface area contributed by atoms with Crippen LogP contribution in [0.4, 0.5) is 5.69 Å². The fraction of sp³-hybridized carbons (Fsp3) is 0.182. The summed E-state index contributed by atoms with van der Waals surface area (Å²) in [6.07, 6.45) is -0.0246. The Hall–Kier alpha value is -3.19. The minimum atomic E-state index is -0.666. The lowest BCUT2D eigenvalue weighted by Crippen LogP contribution is -2.22. The first kappa shape index (κ1) is 19.1. The lowest BCUT2D eigenvalue weighted by Gasteiger charge is -2.12. The maximum Gasteiger partial charge on any atom is 0.346 e. The number of benzene rings is 2. The largest absolute Gasteiger partial charge is 0.422 e. The molecule has 0 spiro atoms. The molecule has 1 N–H and O–H groups in total. The highest BCUT2D eigenvalue weighted by atomic mass is 32.2. The Morgan fingerprint density at radius 1 is 1.10 bits per heavy atom. The van der Waals surface area contributed by atoms with Crippen molar-refractivity contribution in [3.05, 3.63) is 75.6 Å². The summed E-state index contributed by atoms with van der Waals surface area (Å²) >= 11 is 1.12. The topological polar surface area (TPSA) is 88.7 Å². The van der Waals surface area contributed by atoms with Gasteiger partial charge in [0.25, 0.3) is 5.91 Å². The van der Waals surface area contributed by atoms with E-state index in [9.17, 15) is 14.4 Å². The minimum Gasteiger partial charge on any atom is -0.422 e. The third kappa shape index (κ3) is 3.86. The number of nitrogens with one attached hydrogen (secondary N) is 1. The summed E-state index contributed by atoms with van der Waals surface area (Å²) in [6, 6.07) is 14.6. The lowest BCUT2D eigenvalue weighted by molar-refractivity contribution is -0.121. The SMILES string of the molecule is Cc1cccc(C)c1NC(=O)CC1SC(c2cc3ccccc3oc2=O)=NC1=O. The highest BCUT2D eigenvalue weighted by molar-refractivity contribution is 8.16. The molecule has 2 heterocycles. The van der Waals surface area contributed by atoms with Crippen LogP contribution in [-0.4, -0.2) is 22.1 Å². The second kappa shape index (κ2) is 7.67. The van der Waals surface area contributed by atoms with Crippen LogP contribution in [0.25, 0.3) is 11.0 Å². The molecular weight excluding hydrogens is 388 g/mol. The van der Waals surface area contributed by atoms with E-state index in [1.54, 1.807) is 18.2 Å². The third-order valence-corrected chi connectivity index (χ3v) is 5.92. The molecule has 29 heavy (non-hydrogen) atoms. The van der Waals surface area contributed by atoms with Crippen LogP contribution >= 0.6 is 11.8 Å². The maximum absolute atomic E-state index is 12.5. The maximum atomic E-state index is 12.5. The van der Waals surface area contributed by atoms with Crippen LogP contribution in [0.1, 0.15) is 23.1 Å². The summed E-state index contributed by atoms with van der Waals surface area (Å²) in [5.74, 6) is -0.690. The molecule has 1 aliphatic rings. The first-order valence-corrected chi connectivity index (χ1v) is 9.99. The van der Waals surface area contributed by atoms with E-state index in [0.717, 1.165) is 34.0 Å². The molecule has 146 valence electrons. The van der Waals surface area contributed by atoms with Gasteiger partial charge in [0.15, 0.2) is 0 Å². The molecule has 1 aromatic heterocycles. The number of aliphatic imine (C=N–C) groups is 1. The molecule has 0 aliphatic carbocycles. The Labute approximate surface area is 171 Å². The number of fused-ring (bicyclic) bond motifs is 1. The number of para-hydroxylation sites is 2. The van der Waals surface area contributed by atoms with Crippen molar-refractivity contribution in [2.24, 2.45) is 4.99 Å². The quantitative estimate of drug-likeness (QED) is 0.665.